The van der Waals surface area contributed by atoms with E-state index < -0.39 is 0 Å². The van der Waals surface area contributed by atoms with Gasteiger partial charge in [0.1, 0.15) is 0 Å². The van der Waals surface area contributed by atoms with Crippen LogP contribution in [-0.2, 0) is 0 Å². The fourth-order valence-corrected chi connectivity index (χ4v) is 1.78. The number of rotatable bonds is 2. The predicted octanol–water partition coefficient (Wildman–Crippen LogP) is 2.55. The van der Waals surface area contributed by atoms with Gasteiger partial charge in [0.25, 0.3) is 0 Å². The molecule has 1 aromatic rings. The lowest BCUT2D eigenvalue weighted by molar-refractivity contribution is 0.401. The minimum Gasteiger partial charge on any atom is -0.372 e. The molecule has 0 unspecified atom stereocenters. The molecule has 14 heavy (non-hydrogen) atoms. The average Bonchev–Trinajstić information content (AvgIpc) is 2.15. The molecule has 2 heteroatoms. The number of hydrogen-bond acceptors (Lipinski definition) is 2. The normalized spacial score (nSPS) is 15.7. The molecule has 2 nitrogen and oxygen atoms in total. The second-order valence-corrected chi connectivity index (χ2v) is 3.86. The van der Waals surface area contributed by atoms with Crippen molar-refractivity contribution in [3.8, 4) is 6.07 Å². The van der Waals surface area contributed by atoms with E-state index in [1.165, 1.54) is 19.3 Å². The van der Waals surface area contributed by atoms with Gasteiger partial charge in [-0.1, -0.05) is 6.07 Å². The van der Waals surface area contributed by atoms with Gasteiger partial charge in [0.05, 0.1) is 11.6 Å². The molecule has 1 aliphatic carbocycles. The van der Waals surface area contributed by atoms with Crippen molar-refractivity contribution in [2.24, 2.45) is 0 Å². The summed E-state index contributed by atoms with van der Waals surface area (Å²) in [6.07, 6.45) is 3.91. The van der Waals surface area contributed by atoms with Crippen molar-refractivity contribution in [1.29, 1.82) is 5.26 Å². The van der Waals surface area contributed by atoms with Gasteiger partial charge >= 0.3 is 0 Å². The van der Waals surface area contributed by atoms with Crippen LogP contribution in [0.1, 0.15) is 24.8 Å². The first-order valence-corrected chi connectivity index (χ1v) is 5.04. The van der Waals surface area contributed by atoms with E-state index in [2.05, 4.69) is 24.1 Å². The fourth-order valence-electron chi connectivity index (χ4n) is 1.78. The van der Waals surface area contributed by atoms with Crippen molar-refractivity contribution in [3.05, 3.63) is 29.8 Å². The quantitative estimate of drug-likeness (QED) is 0.709. The Kier molecular flexibility index (Phi) is 2.41. The highest BCUT2D eigenvalue weighted by Gasteiger charge is 2.22. The summed E-state index contributed by atoms with van der Waals surface area (Å²) in [7, 11) is 2.11. The van der Waals surface area contributed by atoms with Gasteiger partial charge in [-0.15, -0.1) is 0 Å². The Morgan fingerprint density at radius 2 is 2.21 bits per heavy atom. The van der Waals surface area contributed by atoms with Crippen molar-refractivity contribution >= 4 is 5.69 Å². The third-order valence-corrected chi connectivity index (χ3v) is 3.00. The number of benzene rings is 1. The summed E-state index contributed by atoms with van der Waals surface area (Å²) in [4.78, 5) is 2.28. The van der Waals surface area contributed by atoms with E-state index >= 15 is 0 Å². The maximum Gasteiger partial charge on any atom is 0.0992 e. The first kappa shape index (κ1) is 9.08. The monoisotopic (exact) mass is 186 g/mol. The third kappa shape index (κ3) is 1.58. The number of anilines is 1. The van der Waals surface area contributed by atoms with Crippen molar-refractivity contribution in [1.82, 2.24) is 0 Å². The summed E-state index contributed by atoms with van der Waals surface area (Å²) in [6.45, 7) is 0. The van der Waals surface area contributed by atoms with Crippen LogP contribution in [0.25, 0.3) is 0 Å². The highest BCUT2D eigenvalue weighted by atomic mass is 15.1. The first-order chi connectivity index (χ1) is 6.81. The number of hydrogen-bond donors (Lipinski definition) is 0. The van der Waals surface area contributed by atoms with Crippen LogP contribution < -0.4 is 4.90 Å². The molecule has 0 amide bonds. The highest BCUT2D eigenvalue weighted by molar-refractivity contribution is 5.51. The topological polar surface area (TPSA) is 27.0 Å². The van der Waals surface area contributed by atoms with Crippen LogP contribution in [0.4, 0.5) is 5.69 Å². The zero-order chi connectivity index (χ0) is 9.97. The Bertz CT molecular complexity index is 361. The van der Waals surface area contributed by atoms with E-state index in [9.17, 15) is 0 Å². The molecule has 1 aromatic carbocycles. The largest absolute Gasteiger partial charge is 0.372 e. The molecule has 0 aliphatic heterocycles. The van der Waals surface area contributed by atoms with E-state index in [1.54, 1.807) is 0 Å². The molecule has 0 atom stereocenters. The van der Waals surface area contributed by atoms with E-state index in [-0.39, 0.29) is 0 Å². The second kappa shape index (κ2) is 3.71. The molecule has 0 heterocycles. The van der Waals surface area contributed by atoms with Gasteiger partial charge in [-0.2, -0.15) is 5.26 Å². The van der Waals surface area contributed by atoms with E-state index in [0.717, 1.165) is 11.3 Å². The molecule has 0 saturated heterocycles. The van der Waals surface area contributed by atoms with E-state index in [1.807, 2.05) is 18.2 Å². The van der Waals surface area contributed by atoms with E-state index in [0.29, 0.717) is 6.04 Å². The molecule has 0 N–H and O–H groups in total. The van der Waals surface area contributed by atoms with Crippen LogP contribution >= 0.6 is 0 Å². The van der Waals surface area contributed by atoms with E-state index in [4.69, 9.17) is 5.26 Å². The first-order valence-electron chi connectivity index (χ1n) is 5.04. The minimum atomic E-state index is 0.684. The second-order valence-electron chi connectivity index (χ2n) is 3.86. The maximum absolute atomic E-state index is 8.79. The Hall–Kier alpha value is -1.49. The van der Waals surface area contributed by atoms with Gasteiger partial charge in [0, 0.05) is 18.8 Å². The van der Waals surface area contributed by atoms with Crippen molar-refractivity contribution < 1.29 is 0 Å². The summed E-state index contributed by atoms with van der Waals surface area (Å²) < 4.78 is 0. The lowest BCUT2D eigenvalue weighted by Crippen LogP contribution is -2.37. The molecule has 0 aromatic heterocycles. The standard InChI is InChI=1S/C12H14N2/c1-14(11-5-3-6-11)12-7-2-4-10(8-12)9-13/h2,4,7-8,11H,3,5-6H2,1H3. The van der Waals surface area contributed by atoms with Gasteiger partial charge in [0.15, 0.2) is 0 Å². The average molecular weight is 186 g/mol. The van der Waals surface area contributed by atoms with Gasteiger partial charge in [-0.3, -0.25) is 0 Å². The van der Waals surface area contributed by atoms with Crippen molar-refractivity contribution in [2.45, 2.75) is 25.3 Å². The van der Waals surface area contributed by atoms with Gasteiger partial charge in [-0.25, -0.2) is 0 Å². The minimum absolute atomic E-state index is 0.684. The highest BCUT2D eigenvalue weighted by Crippen LogP contribution is 2.28. The molecule has 0 spiro atoms. The van der Waals surface area contributed by atoms with Crippen LogP contribution in [0.5, 0.6) is 0 Å². The van der Waals surface area contributed by atoms with Crippen molar-refractivity contribution in [3.63, 3.8) is 0 Å². The molecule has 72 valence electrons. The Morgan fingerprint density at radius 3 is 2.79 bits per heavy atom. The number of nitriles is 1. The van der Waals surface area contributed by atoms with Gasteiger partial charge in [-0.05, 0) is 37.5 Å². The van der Waals surface area contributed by atoms with Crippen LogP contribution in [-0.4, -0.2) is 13.1 Å². The van der Waals surface area contributed by atoms with Gasteiger partial charge < -0.3 is 4.90 Å². The molecule has 1 fully saturated rings. The molecule has 0 bridgehead atoms. The van der Waals surface area contributed by atoms with Crippen LogP contribution in [0, 0.1) is 11.3 Å². The summed E-state index contributed by atoms with van der Waals surface area (Å²) >= 11 is 0. The van der Waals surface area contributed by atoms with Gasteiger partial charge in [0.2, 0.25) is 0 Å². The molecule has 2 rings (SSSR count). The molecular formula is C12H14N2. The lowest BCUT2D eigenvalue weighted by Gasteiger charge is -2.36. The SMILES string of the molecule is CN(c1cccc(C#N)c1)C1CCC1. The molecule has 1 aliphatic rings. The summed E-state index contributed by atoms with van der Waals surface area (Å²) in [5, 5.41) is 8.79. The van der Waals surface area contributed by atoms with Crippen LogP contribution in [0.2, 0.25) is 0 Å². The number of nitrogens with zero attached hydrogens (tertiary/aromatic N) is 2. The fraction of sp³-hybridized carbons (Fsp3) is 0.417. The Balaban J connectivity index is 2.18. The zero-order valence-corrected chi connectivity index (χ0v) is 8.40. The Morgan fingerprint density at radius 1 is 1.43 bits per heavy atom. The lowest BCUT2D eigenvalue weighted by atomic mass is 9.91. The predicted molar refractivity (Wildman–Crippen MR) is 57.2 cm³/mol. The van der Waals surface area contributed by atoms with Crippen LogP contribution in [0.15, 0.2) is 24.3 Å². The smallest absolute Gasteiger partial charge is 0.0992 e. The van der Waals surface area contributed by atoms with Crippen molar-refractivity contribution in [2.75, 3.05) is 11.9 Å². The van der Waals surface area contributed by atoms with Crippen LogP contribution in [0.3, 0.4) is 0 Å². The summed E-state index contributed by atoms with van der Waals surface area (Å²) in [5.41, 5.74) is 1.91. The summed E-state index contributed by atoms with van der Waals surface area (Å²) in [6, 6.07) is 10.7. The summed E-state index contributed by atoms with van der Waals surface area (Å²) in [5.74, 6) is 0. The third-order valence-electron chi connectivity index (χ3n) is 3.00. The molecule has 1 saturated carbocycles. The maximum atomic E-state index is 8.79. The Labute approximate surface area is 84.8 Å². The zero-order valence-electron chi connectivity index (χ0n) is 8.40. The molecular weight excluding hydrogens is 172 g/mol. The molecule has 0 radical (unpaired) electrons.